The van der Waals surface area contributed by atoms with Crippen molar-refractivity contribution in [1.29, 1.82) is 0 Å². The number of hydrogen-bond donors (Lipinski definition) is 1. The number of rotatable bonds is 4. The van der Waals surface area contributed by atoms with Gasteiger partial charge in [-0.1, -0.05) is 11.6 Å². The van der Waals surface area contributed by atoms with Gasteiger partial charge in [0.2, 0.25) is 0 Å². The Labute approximate surface area is 165 Å². The van der Waals surface area contributed by atoms with Crippen LogP contribution in [0.2, 0.25) is 5.02 Å². The van der Waals surface area contributed by atoms with Crippen molar-refractivity contribution in [1.82, 2.24) is 0 Å². The third-order valence-corrected chi connectivity index (χ3v) is 4.34. The number of carbonyl (C=O) groups is 2. The van der Waals surface area contributed by atoms with Crippen LogP contribution < -0.4 is 19.5 Å². The van der Waals surface area contributed by atoms with Crippen LogP contribution in [0.1, 0.15) is 5.56 Å². The van der Waals surface area contributed by atoms with E-state index < -0.39 is 18.5 Å². The maximum absolute atomic E-state index is 12.2. The summed E-state index contributed by atoms with van der Waals surface area (Å²) in [7, 11) is 0. The minimum absolute atomic E-state index is 0.0667. The van der Waals surface area contributed by atoms with Crippen molar-refractivity contribution in [2.24, 2.45) is 0 Å². The topological polar surface area (TPSA) is 83.1 Å². The number of carbonyl (C=O) groups excluding carboxylic acids is 2. The predicted octanol–water partition coefficient (Wildman–Crippen LogP) is 3.07. The lowest BCUT2D eigenvalue weighted by Crippen LogP contribution is -2.24. The van der Waals surface area contributed by atoms with Gasteiger partial charge in [0.15, 0.2) is 18.1 Å². The highest BCUT2D eigenvalue weighted by Crippen LogP contribution is 2.32. The van der Waals surface area contributed by atoms with E-state index in [1.165, 1.54) is 0 Å². The smallest absolute Gasteiger partial charge is 0.338 e. The second-order valence-corrected chi connectivity index (χ2v) is 6.56. The van der Waals surface area contributed by atoms with Crippen molar-refractivity contribution in [3.63, 3.8) is 0 Å². The van der Waals surface area contributed by atoms with E-state index in [1.807, 2.05) is 0 Å². The maximum atomic E-state index is 12.2. The lowest BCUT2D eigenvalue weighted by atomic mass is 10.1. The van der Waals surface area contributed by atoms with Crippen LogP contribution in [0.3, 0.4) is 0 Å². The Morgan fingerprint density at radius 1 is 1.00 bits per heavy atom. The number of ether oxygens (including phenoxy) is 4. The lowest BCUT2D eigenvalue weighted by molar-refractivity contribution is -0.143. The molecule has 7 nitrogen and oxygen atoms in total. The SMILES string of the molecule is O=C(COC(=O)C1=Cc2cc(Cl)ccc2OC1)Nc1ccc2c(c1)OCCO2. The van der Waals surface area contributed by atoms with Crippen molar-refractivity contribution in [3.05, 3.63) is 52.6 Å². The zero-order valence-electron chi connectivity index (χ0n) is 14.7. The quantitative estimate of drug-likeness (QED) is 0.793. The van der Waals surface area contributed by atoms with E-state index in [2.05, 4.69) is 5.32 Å². The first-order valence-corrected chi connectivity index (χ1v) is 8.96. The van der Waals surface area contributed by atoms with Gasteiger partial charge in [0.25, 0.3) is 5.91 Å². The average Bonchev–Trinajstić information content (AvgIpc) is 2.71. The Hall–Kier alpha value is -3.19. The van der Waals surface area contributed by atoms with E-state index in [9.17, 15) is 9.59 Å². The maximum Gasteiger partial charge on any atom is 0.338 e. The van der Waals surface area contributed by atoms with Gasteiger partial charge in [-0.25, -0.2) is 4.79 Å². The van der Waals surface area contributed by atoms with Gasteiger partial charge in [-0.15, -0.1) is 0 Å². The first kappa shape index (κ1) is 18.2. The molecule has 0 radical (unpaired) electrons. The molecule has 0 fully saturated rings. The molecule has 28 heavy (non-hydrogen) atoms. The highest BCUT2D eigenvalue weighted by Gasteiger charge is 2.20. The van der Waals surface area contributed by atoms with E-state index in [0.29, 0.717) is 52.3 Å². The zero-order valence-corrected chi connectivity index (χ0v) is 15.5. The molecule has 0 unspecified atom stereocenters. The second kappa shape index (κ2) is 7.82. The van der Waals surface area contributed by atoms with Crippen LogP contribution in [0.15, 0.2) is 42.0 Å². The minimum atomic E-state index is -0.622. The molecule has 1 amide bonds. The fourth-order valence-corrected chi connectivity index (χ4v) is 2.99. The Bertz CT molecular complexity index is 971. The third-order valence-electron chi connectivity index (χ3n) is 4.11. The van der Waals surface area contributed by atoms with Crippen LogP contribution in [0.4, 0.5) is 5.69 Å². The van der Waals surface area contributed by atoms with Crippen molar-refractivity contribution >= 4 is 35.2 Å². The Morgan fingerprint density at radius 2 is 1.79 bits per heavy atom. The monoisotopic (exact) mass is 401 g/mol. The number of amides is 1. The van der Waals surface area contributed by atoms with E-state index >= 15 is 0 Å². The van der Waals surface area contributed by atoms with Crippen molar-refractivity contribution in [3.8, 4) is 17.2 Å². The molecule has 0 aliphatic carbocycles. The summed E-state index contributed by atoms with van der Waals surface area (Å²) >= 11 is 5.96. The number of esters is 1. The van der Waals surface area contributed by atoms with Crippen LogP contribution >= 0.6 is 11.6 Å². The van der Waals surface area contributed by atoms with Gasteiger partial charge in [0.05, 0.1) is 5.57 Å². The van der Waals surface area contributed by atoms with Gasteiger partial charge in [-0.2, -0.15) is 0 Å². The molecule has 0 atom stereocenters. The second-order valence-electron chi connectivity index (χ2n) is 6.12. The van der Waals surface area contributed by atoms with E-state index in [4.69, 9.17) is 30.5 Å². The van der Waals surface area contributed by atoms with E-state index in [1.54, 1.807) is 42.5 Å². The van der Waals surface area contributed by atoms with Gasteiger partial charge in [-0.05, 0) is 36.4 Å². The molecule has 0 spiro atoms. The van der Waals surface area contributed by atoms with E-state index in [-0.39, 0.29) is 6.61 Å². The Morgan fingerprint density at radius 3 is 2.64 bits per heavy atom. The number of benzene rings is 2. The van der Waals surface area contributed by atoms with Gasteiger partial charge in [0.1, 0.15) is 25.6 Å². The molecular weight excluding hydrogens is 386 g/mol. The number of halogens is 1. The Balaban J connectivity index is 1.34. The van der Waals surface area contributed by atoms with Crippen LogP contribution in [0.25, 0.3) is 6.08 Å². The third kappa shape index (κ3) is 4.04. The van der Waals surface area contributed by atoms with Gasteiger partial charge < -0.3 is 24.3 Å². The molecule has 2 aromatic rings. The molecule has 0 aromatic heterocycles. The van der Waals surface area contributed by atoms with Crippen molar-refractivity contribution in [2.75, 3.05) is 31.7 Å². The molecule has 2 heterocycles. The number of anilines is 1. The fraction of sp³-hybridized carbons (Fsp3) is 0.200. The first-order valence-electron chi connectivity index (χ1n) is 8.58. The minimum Gasteiger partial charge on any atom is -0.488 e. The highest BCUT2D eigenvalue weighted by atomic mass is 35.5. The van der Waals surface area contributed by atoms with Crippen LogP contribution in [-0.4, -0.2) is 38.3 Å². The molecular formula is C20H16ClNO6. The summed E-state index contributed by atoms with van der Waals surface area (Å²) in [6.07, 6.45) is 1.64. The number of nitrogens with one attached hydrogen (secondary N) is 1. The summed E-state index contributed by atoms with van der Waals surface area (Å²) in [5.74, 6) is 0.731. The summed E-state index contributed by atoms with van der Waals surface area (Å²) in [5.41, 5.74) is 1.52. The summed E-state index contributed by atoms with van der Waals surface area (Å²) in [6.45, 7) is 0.586. The zero-order chi connectivity index (χ0) is 19.5. The van der Waals surface area contributed by atoms with E-state index in [0.717, 1.165) is 0 Å². The van der Waals surface area contributed by atoms with Gasteiger partial charge in [-0.3, -0.25) is 4.79 Å². The predicted molar refractivity (Wildman–Crippen MR) is 102 cm³/mol. The normalized spacial score (nSPS) is 14.2. The summed E-state index contributed by atoms with van der Waals surface area (Å²) in [4.78, 5) is 24.3. The van der Waals surface area contributed by atoms with Crippen LogP contribution in [0, 0.1) is 0 Å². The molecule has 0 saturated heterocycles. The van der Waals surface area contributed by atoms with Crippen LogP contribution in [0.5, 0.6) is 17.2 Å². The standard InChI is InChI=1S/C20H16ClNO6/c21-14-1-3-16-12(8-14)7-13(10-27-16)20(24)28-11-19(23)22-15-2-4-17-18(9-15)26-6-5-25-17/h1-4,7-9H,5-6,10-11H2,(H,22,23). The molecule has 0 saturated carbocycles. The molecule has 2 aliphatic rings. The molecule has 2 aliphatic heterocycles. The largest absolute Gasteiger partial charge is 0.488 e. The average molecular weight is 402 g/mol. The summed E-state index contributed by atoms with van der Waals surface area (Å²) in [5, 5.41) is 3.19. The van der Waals surface area contributed by atoms with Gasteiger partial charge in [0, 0.05) is 22.3 Å². The van der Waals surface area contributed by atoms with Crippen LogP contribution in [-0.2, 0) is 14.3 Å². The Kier molecular flexibility index (Phi) is 5.08. The van der Waals surface area contributed by atoms with Gasteiger partial charge >= 0.3 is 5.97 Å². The number of hydrogen-bond acceptors (Lipinski definition) is 6. The lowest BCUT2D eigenvalue weighted by Gasteiger charge is -2.19. The number of fused-ring (bicyclic) bond motifs is 2. The summed E-state index contributed by atoms with van der Waals surface area (Å²) in [6, 6.07) is 10.2. The fourth-order valence-electron chi connectivity index (χ4n) is 2.81. The van der Waals surface area contributed by atoms with Crippen molar-refractivity contribution in [2.45, 2.75) is 0 Å². The molecule has 8 heteroatoms. The molecule has 0 bridgehead atoms. The highest BCUT2D eigenvalue weighted by molar-refractivity contribution is 6.30. The molecule has 1 N–H and O–H groups in total. The summed E-state index contributed by atoms with van der Waals surface area (Å²) < 4.78 is 21.5. The molecule has 4 rings (SSSR count). The molecule has 2 aromatic carbocycles. The van der Waals surface area contributed by atoms with Crippen molar-refractivity contribution < 1.29 is 28.5 Å². The molecule has 144 valence electrons. The first-order chi connectivity index (χ1) is 13.6.